The lowest BCUT2D eigenvalue weighted by Crippen LogP contribution is -2.02. The normalized spacial score (nSPS) is 9.95. The Kier molecular flexibility index (Phi) is 3.92. The van der Waals surface area contributed by atoms with E-state index in [1.807, 2.05) is 25.1 Å². The summed E-state index contributed by atoms with van der Waals surface area (Å²) in [5.41, 5.74) is 0.329. The van der Waals surface area contributed by atoms with Gasteiger partial charge in [-0.05, 0) is 19.1 Å². The first-order valence-corrected chi connectivity index (χ1v) is 5.82. The first-order valence-electron chi connectivity index (χ1n) is 5.82. The maximum absolute atomic E-state index is 10.9. The van der Waals surface area contributed by atoms with E-state index in [0.29, 0.717) is 23.9 Å². The molecule has 6 heteroatoms. The highest BCUT2D eigenvalue weighted by Gasteiger charge is 2.15. The van der Waals surface area contributed by atoms with Crippen molar-refractivity contribution in [2.24, 2.45) is 0 Å². The van der Waals surface area contributed by atoms with Gasteiger partial charge >= 0.3 is 5.69 Å². The molecule has 0 aliphatic carbocycles. The number of rotatable bonds is 5. The van der Waals surface area contributed by atoms with Gasteiger partial charge in [-0.25, -0.2) is 4.98 Å². The second-order valence-electron chi connectivity index (χ2n) is 3.74. The molecule has 0 aliphatic heterocycles. The lowest BCUT2D eigenvalue weighted by Gasteiger charge is -2.08. The number of nitrogens with one attached hydrogen (secondary N) is 1. The van der Waals surface area contributed by atoms with Gasteiger partial charge in [-0.3, -0.25) is 10.1 Å². The summed E-state index contributed by atoms with van der Waals surface area (Å²) in [7, 11) is 0. The number of hydrogen-bond donors (Lipinski definition) is 1. The van der Waals surface area contributed by atoms with Crippen molar-refractivity contribution < 1.29 is 9.66 Å². The van der Waals surface area contributed by atoms with Crippen LogP contribution in [0.15, 0.2) is 42.6 Å². The third kappa shape index (κ3) is 3.19. The largest absolute Gasteiger partial charge is 0.439 e. The summed E-state index contributed by atoms with van der Waals surface area (Å²) in [6.07, 6.45) is 1.19. The molecule has 2 aromatic rings. The molecule has 0 aliphatic rings. The molecule has 0 spiro atoms. The van der Waals surface area contributed by atoms with Crippen molar-refractivity contribution in [3.05, 3.63) is 52.7 Å². The number of benzene rings is 1. The third-order valence-corrected chi connectivity index (χ3v) is 2.39. The molecule has 0 saturated carbocycles. The van der Waals surface area contributed by atoms with Crippen molar-refractivity contribution in [1.82, 2.24) is 4.98 Å². The molecule has 0 atom stereocenters. The fraction of sp³-hybridized carbons (Fsp3) is 0.154. The predicted molar refractivity (Wildman–Crippen MR) is 71.6 cm³/mol. The standard InChI is InChI=1S/C13H13N3O3/c1-2-14-11-8-13(15-9-12(11)16(17)18)19-10-6-4-3-5-7-10/h3-9H,2H2,1H3,(H,14,15). The number of nitro groups is 1. The number of para-hydroxylation sites is 1. The summed E-state index contributed by atoms with van der Waals surface area (Å²) in [6.45, 7) is 2.44. The molecule has 0 unspecified atom stereocenters. The summed E-state index contributed by atoms with van der Waals surface area (Å²) in [4.78, 5) is 14.3. The second kappa shape index (κ2) is 5.81. The van der Waals surface area contributed by atoms with Gasteiger partial charge in [0.05, 0.1) is 4.92 Å². The molecule has 2 rings (SSSR count). The zero-order valence-corrected chi connectivity index (χ0v) is 10.4. The van der Waals surface area contributed by atoms with E-state index in [9.17, 15) is 10.1 Å². The quantitative estimate of drug-likeness (QED) is 0.659. The van der Waals surface area contributed by atoms with Crippen molar-refractivity contribution in [2.45, 2.75) is 6.92 Å². The van der Waals surface area contributed by atoms with Crippen molar-refractivity contribution >= 4 is 11.4 Å². The van der Waals surface area contributed by atoms with Crippen LogP contribution in [0.25, 0.3) is 0 Å². The van der Waals surface area contributed by atoms with E-state index in [1.165, 1.54) is 12.3 Å². The van der Waals surface area contributed by atoms with Gasteiger partial charge in [0.2, 0.25) is 5.88 Å². The third-order valence-electron chi connectivity index (χ3n) is 2.39. The molecule has 0 amide bonds. The smallest absolute Gasteiger partial charge is 0.310 e. The summed E-state index contributed by atoms with van der Waals surface area (Å²) in [5, 5.41) is 13.8. The van der Waals surface area contributed by atoms with Gasteiger partial charge in [0.15, 0.2) is 0 Å². The van der Waals surface area contributed by atoms with Crippen LogP contribution in [-0.2, 0) is 0 Å². The Balaban J connectivity index is 2.27. The first-order chi connectivity index (χ1) is 9.20. The molecule has 98 valence electrons. The van der Waals surface area contributed by atoms with E-state index >= 15 is 0 Å². The minimum atomic E-state index is -0.475. The van der Waals surface area contributed by atoms with E-state index in [4.69, 9.17) is 4.74 Å². The minimum Gasteiger partial charge on any atom is -0.439 e. The van der Waals surface area contributed by atoms with Gasteiger partial charge in [-0.2, -0.15) is 0 Å². The zero-order valence-electron chi connectivity index (χ0n) is 10.4. The lowest BCUT2D eigenvalue weighted by atomic mass is 10.3. The van der Waals surface area contributed by atoms with Gasteiger partial charge < -0.3 is 10.1 Å². The van der Waals surface area contributed by atoms with Crippen molar-refractivity contribution in [3.63, 3.8) is 0 Å². The molecule has 0 radical (unpaired) electrons. The van der Waals surface area contributed by atoms with Crippen LogP contribution in [-0.4, -0.2) is 16.5 Å². The van der Waals surface area contributed by atoms with E-state index in [0.717, 1.165) is 0 Å². The van der Waals surface area contributed by atoms with E-state index < -0.39 is 4.92 Å². The van der Waals surface area contributed by atoms with Crippen LogP contribution < -0.4 is 10.1 Å². The second-order valence-corrected chi connectivity index (χ2v) is 3.74. The highest BCUT2D eigenvalue weighted by Crippen LogP contribution is 2.28. The summed E-state index contributed by atoms with van der Waals surface area (Å²) in [5.74, 6) is 0.944. The monoisotopic (exact) mass is 259 g/mol. The fourth-order valence-electron chi connectivity index (χ4n) is 1.57. The number of pyridine rings is 1. The van der Waals surface area contributed by atoms with Gasteiger partial charge in [-0.1, -0.05) is 18.2 Å². The highest BCUT2D eigenvalue weighted by atomic mass is 16.6. The summed E-state index contributed by atoms with van der Waals surface area (Å²) >= 11 is 0. The topological polar surface area (TPSA) is 77.3 Å². The van der Waals surface area contributed by atoms with Crippen LogP contribution in [0.5, 0.6) is 11.6 Å². The first kappa shape index (κ1) is 12.8. The highest BCUT2D eigenvalue weighted by molar-refractivity contribution is 5.62. The molecule has 1 heterocycles. The maximum Gasteiger partial charge on any atom is 0.310 e. The summed E-state index contributed by atoms with van der Waals surface area (Å²) in [6, 6.07) is 10.7. The number of anilines is 1. The van der Waals surface area contributed by atoms with Gasteiger partial charge in [0, 0.05) is 12.6 Å². The molecule has 19 heavy (non-hydrogen) atoms. The van der Waals surface area contributed by atoms with Crippen LogP contribution in [0.3, 0.4) is 0 Å². The van der Waals surface area contributed by atoms with Crippen LogP contribution in [0.2, 0.25) is 0 Å². The van der Waals surface area contributed by atoms with Crippen molar-refractivity contribution in [3.8, 4) is 11.6 Å². The van der Waals surface area contributed by atoms with E-state index in [2.05, 4.69) is 10.3 Å². The Morgan fingerprint density at radius 2 is 2.11 bits per heavy atom. The van der Waals surface area contributed by atoms with Gasteiger partial charge in [0.1, 0.15) is 17.6 Å². The SMILES string of the molecule is CCNc1cc(Oc2ccccc2)ncc1[N+](=O)[O-]. The molecule has 1 aromatic heterocycles. The molecule has 0 saturated heterocycles. The zero-order chi connectivity index (χ0) is 13.7. The summed E-state index contributed by atoms with van der Waals surface area (Å²) < 4.78 is 5.53. The average molecular weight is 259 g/mol. The van der Waals surface area contributed by atoms with Crippen LogP contribution in [0.1, 0.15) is 6.92 Å². The van der Waals surface area contributed by atoms with Crippen molar-refractivity contribution in [2.75, 3.05) is 11.9 Å². The molecule has 6 nitrogen and oxygen atoms in total. The van der Waals surface area contributed by atoms with Gasteiger partial charge in [-0.15, -0.1) is 0 Å². The Morgan fingerprint density at radius 1 is 1.37 bits per heavy atom. The number of aromatic nitrogens is 1. The maximum atomic E-state index is 10.9. The molecule has 1 aromatic carbocycles. The Bertz CT molecular complexity index is 573. The molecular weight excluding hydrogens is 246 g/mol. The lowest BCUT2D eigenvalue weighted by molar-refractivity contribution is -0.384. The number of hydrogen-bond acceptors (Lipinski definition) is 5. The number of ether oxygens (including phenoxy) is 1. The Hall–Kier alpha value is -2.63. The van der Waals surface area contributed by atoms with Crippen LogP contribution in [0, 0.1) is 10.1 Å². The fourth-order valence-corrected chi connectivity index (χ4v) is 1.57. The predicted octanol–water partition coefficient (Wildman–Crippen LogP) is 3.21. The minimum absolute atomic E-state index is 0.0674. The van der Waals surface area contributed by atoms with E-state index in [-0.39, 0.29) is 5.69 Å². The van der Waals surface area contributed by atoms with Crippen molar-refractivity contribution in [1.29, 1.82) is 0 Å². The molecule has 0 bridgehead atoms. The molecular formula is C13H13N3O3. The van der Waals surface area contributed by atoms with Crippen LogP contribution in [0.4, 0.5) is 11.4 Å². The molecule has 1 N–H and O–H groups in total. The Labute approximate surface area is 110 Å². The average Bonchev–Trinajstić information content (AvgIpc) is 2.40. The molecule has 0 fully saturated rings. The Morgan fingerprint density at radius 3 is 2.74 bits per heavy atom. The number of nitrogens with zero attached hydrogens (tertiary/aromatic N) is 2. The van der Waals surface area contributed by atoms with E-state index in [1.54, 1.807) is 12.1 Å². The van der Waals surface area contributed by atoms with Crippen LogP contribution >= 0.6 is 0 Å². The van der Waals surface area contributed by atoms with Gasteiger partial charge in [0.25, 0.3) is 0 Å².